The summed E-state index contributed by atoms with van der Waals surface area (Å²) in [6, 6.07) is 0.496. The number of rotatable bonds is 8. The summed E-state index contributed by atoms with van der Waals surface area (Å²) in [5, 5.41) is 3.47. The minimum atomic E-state index is 0.496. The van der Waals surface area contributed by atoms with Crippen LogP contribution in [-0.2, 0) is 6.54 Å². The van der Waals surface area contributed by atoms with Crippen LogP contribution >= 0.6 is 11.8 Å². The minimum absolute atomic E-state index is 0.496. The van der Waals surface area contributed by atoms with E-state index in [1.807, 2.05) is 18.0 Å². The predicted octanol–water partition coefficient (Wildman–Crippen LogP) is 3.24. The molecule has 92 valence electrons. The highest BCUT2D eigenvalue weighted by atomic mass is 32.2. The van der Waals surface area contributed by atoms with Gasteiger partial charge in [0.05, 0.1) is 0 Å². The Hall–Kier alpha value is -0.640. The van der Waals surface area contributed by atoms with Gasteiger partial charge in [0.1, 0.15) is 0 Å². The molecule has 3 nitrogen and oxygen atoms in total. The smallest absolute Gasteiger partial charge is 0.202 e. The van der Waals surface area contributed by atoms with Gasteiger partial charge >= 0.3 is 0 Å². The molecule has 0 aromatic carbocycles. The van der Waals surface area contributed by atoms with Crippen molar-refractivity contribution in [1.29, 1.82) is 0 Å². The highest BCUT2D eigenvalue weighted by molar-refractivity contribution is 7.98. The van der Waals surface area contributed by atoms with Gasteiger partial charge in [0.2, 0.25) is 5.95 Å². The van der Waals surface area contributed by atoms with Gasteiger partial charge in [-0.3, -0.25) is 0 Å². The topological polar surface area (TPSA) is 29.9 Å². The molecular weight excluding hydrogens is 218 g/mol. The van der Waals surface area contributed by atoms with Crippen LogP contribution in [0.15, 0.2) is 12.4 Å². The average molecular weight is 241 g/mol. The number of hydrogen-bond donors (Lipinski definition) is 1. The van der Waals surface area contributed by atoms with Crippen molar-refractivity contribution in [2.75, 3.05) is 17.3 Å². The molecule has 0 aliphatic carbocycles. The van der Waals surface area contributed by atoms with Crippen LogP contribution in [0.1, 0.15) is 33.1 Å². The maximum Gasteiger partial charge on any atom is 0.202 e. The highest BCUT2D eigenvalue weighted by Gasteiger charge is 2.06. The van der Waals surface area contributed by atoms with E-state index in [4.69, 9.17) is 0 Å². The van der Waals surface area contributed by atoms with E-state index in [0.717, 1.165) is 12.5 Å². The molecule has 1 rings (SSSR count). The third-order valence-corrected chi connectivity index (χ3v) is 3.24. The fraction of sp³-hybridized carbons (Fsp3) is 0.750. The van der Waals surface area contributed by atoms with E-state index in [1.165, 1.54) is 25.0 Å². The molecule has 0 fully saturated rings. The molecule has 0 saturated carbocycles. The Morgan fingerprint density at radius 3 is 3.06 bits per heavy atom. The maximum atomic E-state index is 4.36. The van der Waals surface area contributed by atoms with Crippen LogP contribution in [-0.4, -0.2) is 27.6 Å². The Morgan fingerprint density at radius 2 is 2.38 bits per heavy atom. The summed E-state index contributed by atoms with van der Waals surface area (Å²) >= 11 is 1.89. The quantitative estimate of drug-likeness (QED) is 0.758. The molecule has 1 aromatic rings. The summed E-state index contributed by atoms with van der Waals surface area (Å²) in [5.74, 6) is 2.21. The number of nitrogens with zero attached hydrogens (tertiary/aromatic N) is 2. The van der Waals surface area contributed by atoms with Crippen molar-refractivity contribution in [2.45, 2.75) is 45.7 Å². The number of imidazole rings is 1. The van der Waals surface area contributed by atoms with Crippen LogP contribution in [0.2, 0.25) is 0 Å². The Bertz CT molecular complexity index is 286. The zero-order chi connectivity index (χ0) is 11.8. The fourth-order valence-electron chi connectivity index (χ4n) is 1.55. The molecule has 0 spiro atoms. The van der Waals surface area contributed by atoms with Gasteiger partial charge in [0.25, 0.3) is 0 Å². The number of aromatic nitrogens is 2. The van der Waals surface area contributed by atoms with Crippen molar-refractivity contribution in [3.63, 3.8) is 0 Å². The van der Waals surface area contributed by atoms with Crippen LogP contribution in [0.5, 0.6) is 0 Å². The van der Waals surface area contributed by atoms with Crippen LogP contribution in [0.4, 0.5) is 5.95 Å². The number of anilines is 1. The first-order valence-electron chi connectivity index (χ1n) is 6.04. The van der Waals surface area contributed by atoms with Gasteiger partial charge in [0.15, 0.2) is 0 Å². The molecule has 0 saturated heterocycles. The molecular formula is C12H23N3S. The van der Waals surface area contributed by atoms with Gasteiger partial charge in [-0.1, -0.05) is 13.3 Å². The molecule has 0 radical (unpaired) electrons. The molecule has 4 heteroatoms. The summed E-state index contributed by atoms with van der Waals surface area (Å²) in [6.45, 7) is 5.49. The van der Waals surface area contributed by atoms with Crippen molar-refractivity contribution in [3.8, 4) is 0 Å². The van der Waals surface area contributed by atoms with Gasteiger partial charge in [-0.2, -0.15) is 11.8 Å². The van der Waals surface area contributed by atoms with Crippen LogP contribution in [0.3, 0.4) is 0 Å². The standard InChI is InChI=1S/C12H23N3S/c1-4-5-8-15-9-7-13-12(15)14-11(2)6-10-16-3/h7,9,11H,4-6,8,10H2,1-3H3,(H,13,14). The third-order valence-electron chi connectivity index (χ3n) is 2.60. The van der Waals surface area contributed by atoms with Gasteiger partial charge in [0, 0.05) is 25.0 Å². The lowest BCUT2D eigenvalue weighted by atomic mass is 10.3. The first kappa shape index (κ1) is 13.4. The summed E-state index contributed by atoms with van der Waals surface area (Å²) in [7, 11) is 0. The van der Waals surface area contributed by atoms with Crippen molar-refractivity contribution >= 4 is 17.7 Å². The summed E-state index contributed by atoms with van der Waals surface area (Å²) in [6.07, 6.45) is 9.69. The Morgan fingerprint density at radius 1 is 1.56 bits per heavy atom. The molecule has 1 atom stereocenters. The fourth-order valence-corrected chi connectivity index (χ4v) is 2.13. The first-order valence-corrected chi connectivity index (χ1v) is 7.44. The summed E-state index contributed by atoms with van der Waals surface area (Å²) in [5.41, 5.74) is 0. The monoisotopic (exact) mass is 241 g/mol. The summed E-state index contributed by atoms with van der Waals surface area (Å²) < 4.78 is 2.21. The second-order valence-corrected chi connectivity index (χ2v) is 5.11. The van der Waals surface area contributed by atoms with Gasteiger partial charge in [-0.05, 0) is 31.8 Å². The van der Waals surface area contributed by atoms with Crippen LogP contribution in [0, 0.1) is 0 Å². The SMILES string of the molecule is CCCCn1ccnc1NC(C)CCSC. The van der Waals surface area contributed by atoms with E-state index in [9.17, 15) is 0 Å². The molecule has 0 aliphatic heterocycles. The minimum Gasteiger partial charge on any atom is -0.353 e. The van der Waals surface area contributed by atoms with Crippen molar-refractivity contribution in [2.24, 2.45) is 0 Å². The zero-order valence-electron chi connectivity index (χ0n) is 10.6. The predicted molar refractivity (Wildman–Crippen MR) is 73.2 cm³/mol. The summed E-state index contributed by atoms with van der Waals surface area (Å²) in [4.78, 5) is 4.36. The second kappa shape index (κ2) is 7.60. The van der Waals surface area contributed by atoms with Gasteiger partial charge < -0.3 is 9.88 Å². The highest BCUT2D eigenvalue weighted by Crippen LogP contribution is 2.10. The molecule has 1 aromatic heterocycles. The van der Waals surface area contributed by atoms with Crippen LogP contribution in [0.25, 0.3) is 0 Å². The number of nitrogens with one attached hydrogen (secondary N) is 1. The molecule has 0 amide bonds. The largest absolute Gasteiger partial charge is 0.353 e. The molecule has 1 N–H and O–H groups in total. The van der Waals surface area contributed by atoms with Gasteiger partial charge in [-0.25, -0.2) is 4.98 Å². The van der Waals surface area contributed by atoms with E-state index in [0.29, 0.717) is 6.04 Å². The lowest BCUT2D eigenvalue weighted by molar-refractivity contribution is 0.627. The normalized spacial score (nSPS) is 12.7. The average Bonchev–Trinajstić information content (AvgIpc) is 2.71. The molecule has 0 aliphatic rings. The Labute approximate surface area is 103 Å². The molecule has 1 heterocycles. The van der Waals surface area contributed by atoms with Crippen molar-refractivity contribution in [3.05, 3.63) is 12.4 Å². The maximum absolute atomic E-state index is 4.36. The van der Waals surface area contributed by atoms with Crippen molar-refractivity contribution < 1.29 is 0 Å². The van der Waals surface area contributed by atoms with E-state index >= 15 is 0 Å². The lowest BCUT2D eigenvalue weighted by Gasteiger charge is -2.15. The van der Waals surface area contributed by atoms with E-state index in [1.54, 1.807) is 0 Å². The molecule has 16 heavy (non-hydrogen) atoms. The molecule has 1 unspecified atom stereocenters. The van der Waals surface area contributed by atoms with E-state index in [-0.39, 0.29) is 0 Å². The van der Waals surface area contributed by atoms with E-state index < -0.39 is 0 Å². The number of thioether (sulfide) groups is 1. The number of aryl methyl sites for hydroxylation is 1. The Kier molecular flexibility index (Phi) is 6.38. The Balaban J connectivity index is 2.42. The second-order valence-electron chi connectivity index (χ2n) is 4.12. The van der Waals surface area contributed by atoms with Crippen LogP contribution < -0.4 is 5.32 Å². The van der Waals surface area contributed by atoms with Crippen molar-refractivity contribution in [1.82, 2.24) is 9.55 Å². The number of unbranched alkanes of at least 4 members (excludes halogenated alkanes) is 1. The lowest BCUT2D eigenvalue weighted by Crippen LogP contribution is -2.19. The first-order chi connectivity index (χ1) is 7.77. The van der Waals surface area contributed by atoms with Gasteiger partial charge in [-0.15, -0.1) is 0 Å². The zero-order valence-corrected chi connectivity index (χ0v) is 11.4. The van der Waals surface area contributed by atoms with E-state index in [2.05, 4.69) is 41.2 Å². The third kappa shape index (κ3) is 4.47. The number of hydrogen-bond acceptors (Lipinski definition) is 3. The molecule has 0 bridgehead atoms.